The molecule has 9 heteroatoms. The van der Waals surface area contributed by atoms with E-state index < -0.39 is 0 Å². The van der Waals surface area contributed by atoms with Crippen LogP contribution in [0.15, 0.2) is 17.4 Å². The summed E-state index contributed by atoms with van der Waals surface area (Å²) in [4.78, 5) is 20.5. The summed E-state index contributed by atoms with van der Waals surface area (Å²) in [6.45, 7) is 3.38. The number of halogens is 1. The lowest BCUT2D eigenvalue weighted by atomic mass is 10.2. The van der Waals surface area contributed by atoms with E-state index in [2.05, 4.69) is 15.4 Å². The van der Waals surface area contributed by atoms with Gasteiger partial charge in [0.1, 0.15) is 6.54 Å². The molecule has 1 aliphatic heterocycles. The van der Waals surface area contributed by atoms with Crippen LogP contribution in [-0.4, -0.2) is 73.5 Å². The zero-order valence-corrected chi connectivity index (χ0v) is 17.6. The summed E-state index contributed by atoms with van der Waals surface area (Å²) >= 11 is 0. The number of hydrogen-bond acceptors (Lipinski definition) is 4. The predicted octanol–water partition coefficient (Wildman–Crippen LogP) is 1.08. The lowest BCUT2D eigenvalue weighted by Gasteiger charge is -2.35. The molecule has 1 N–H and O–H groups in total. The predicted molar refractivity (Wildman–Crippen MR) is 110 cm³/mol. The third-order valence-electron chi connectivity index (χ3n) is 4.04. The van der Waals surface area contributed by atoms with Crippen LogP contribution in [0.1, 0.15) is 19.3 Å². The summed E-state index contributed by atoms with van der Waals surface area (Å²) < 4.78 is 6.75. The molecule has 0 bridgehead atoms. The number of ether oxygens (including phenoxy) is 1. The van der Waals surface area contributed by atoms with Gasteiger partial charge >= 0.3 is 0 Å². The Morgan fingerprint density at radius 1 is 1.36 bits per heavy atom. The minimum Gasteiger partial charge on any atom is -0.385 e. The Balaban J connectivity index is 0.00000312. The number of aromatic nitrogens is 2. The maximum atomic E-state index is 12.4. The number of amides is 1. The molecule has 0 atom stereocenters. The highest BCUT2D eigenvalue weighted by atomic mass is 127. The highest BCUT2D eigenvalue weighted by molar-refractivity contribution is 14.0. The first-order chi connectivity index (χ1) is 11.7. The molecule has 0 aliphatic carbocycles. The number of rotatable bonds is 7. The van der Waals surface area contributed by atoms with E-state index >= 15 is 0 Å². The van der Waals surface area contributed by atoms with Gasteiger partial charge in [-0.1, -0.05) is 0 Å². The molecule has 2 heterocycles. The van der Waals surface area contributed by atoms with Crippen molar-refractivity contribution < 1.29 is 9.53 Å². The Morgan fingerprint density at radius 2 is 2.16 bits per heavy atom. The van der Waals surface area contributed by atoms with Crippen LogP contribution in [0.2, 0.25) is 0 Å². The van der Waals surface area contributed by atoms with Crippen molar-refractivity contribution in [3.8, 4) is 0 Å². The number of aryl methyl sites for hydroxylation is 1. The van der Waals surface area contributed by atoms with Crippen molar-refractivity contribution in [1.29, 1.82) is 0 Å². The molecule has 0 aromatic carbocycles. The van der Waals surface area contributed by atoms with Gasteiger partial charge in [0.2, 0.25) is 5.91 Å². The smallest absolute Gasteiger partial charge is 0.246 e. The molecule has 1 aliphatic rings. The summed E-state index contributed by atoms with van der Waals surface area (Å²) in [7, 11) is 5.33. The topological polar surface area (TPSA) is 75.0 Å². The minimum absolute atomic E-state index is 0. The van der Waals surface area contributed by atoms with E-state index in [4.69, 9.17) is 4.74 Å². The van der Waals surface area contributed by atoms with Crippen LogP contribution in [0.4, 0.5) is 5.69 Å². The average Bonchev–Trinajstić information content (AvgIpc) is 3.00. The molecule has 1 aromatic rings. The van der Waals surface area contributed by atoms with E-state index in [-0.39, 0.29) is 29.9 Å². The van der Waals surface area contributed by atoms with Crippen LogP contribution < -0.4 is 10.2 Å². The first kappa shape index (κ1) is 21.7. The molecule has 1 aromatic heterocycles. The summed E-state index contributed by atoms with van der Waals surface area (Å²) in [6, 6.07) is 0. The molecule has 25 heavy (non-hydrogen) atoms. The zero-order valence-electron chi connectivity index (χ0n) is 15.3. The van der Waals surface area contributed by atoms with Gasteiger partial charge in [-0.15, -0.1) is 24.0 Å². The number of aliphatic imine (C=N–C) groups is 1. The molecule has 8 nitrogen and oxygen atoms in total. The monoisotopic (exact) mass is 464 g/mol. The molecular formula is C16H29IN6O2. The van der Waals surface area contributed by atoms with Crippen molar-refractivity contribution in [3.63, 3.8) is 0 Å². The highest BCUT2D eigenvalue weighted by Gasteiger charge is 2.27. The molecule has 1 saturated heterocycles. The Kier molecular flexibility index (Phi) is 9.79. The Morgan fingerprint density at radius 3 is 2.76 bits per heavy atom. The van der Waals surface area contributed by atoms with E-state index in [0.717, 1.165) is 50.6 Å². The number of anilines is 1. The van der Waals surface area contributed by atoms with Crippen molar-refractivity contribution in [2.45, 2.75) is 19.3 Å². The van der Waals surface area contributed by atoms with E-state index in [9.17, 15) is 4.79 Å². The quantitative estimate of drug-likeness (QED) is 0.283. The SMILES string of the molecule is CN=C(NCCCCCOC)N1CCN(c2cnn(C)c2)C(=O)C1.I. The number of guanidine groups is 1. The molecule has 0 spiro atoms. The van der Waals surface area contributed by atoms with Gasteiger partial charge in [-0.3, -0.25) is 14.5 Å². The number of carbonyl (C=O) groups excluding carboxylic acids is 1. The molecular weight excluding hydrogens is 435 g/mol. The second-order valence-electron chi connectivity index (χ2n) is 5.87. The third kappa shape index (κ3) is 6.46. The Hall–Kier alpha value is -1.36. The van der Waals surface area contributed by atoms with Crippen molar-refractivity contribution in [2.75, 3.05) is 51.8 Å². The standard InChI is InChI=1S/C16H28N6O2.HI/c1-17-16(18-7-5-4-6-10-24-3)21-8-9-22(15(23)13-21)14-11-19-20(2)12-14;/h11-12H,4-10,13H2,1-3H3,(H,17,18);1H. The van der Waals surface area contributed by atoms with Gasteiger partial charge in [-0.2, -0.15) is 5.10 Å². The van der Waals surface area contributed by atoms with Crippen molar-refractivity contribution in [2.24, 2.45) is 12.0 Å². The number of piperazine rings is 1. The molecule has 0 unspecified atom stereocenters. The number of nitrogens with one attached hydrogen (secondary N) is 1. The second-order valence-corrected chi connectivity index (χ2v) is 5.87. The van der Waals surface area contributed by atoms with E-state index in [1.807, 2.05) is 18.1 Å². The fraction of sp³-hybridized carbons (Fsp3) is 0.688. The Bertz CT molecular complexity index is 563. The van der Waals surface area contributed by atoms with Crippen molar-refractivity contribution in [3.05, 3.63) is 12.4 Å². The number of methoxy groups -OCH3 is 1. The molecule has 0 radical (unpaired) electrons. The second kappa shape index (κ2) is 11.3. The maximum Gasteiger partial charge on any atom is 0.246 e. The molecule has 142 valence electrons. The van der Waals surface area contributed by atoms with Crippen LogP contribution >= 0.6 is 24.0 Å². The van der Waals surface area contributed by atoms with E-state index in [0.29, 0.717) is 13.1 Å². The molecule has 1 amide bonds. The molecule has 2 rings (SSSR count). The van der Waals surface area contributed by atoms with E-state index in [1.54, 1.807) is 29.9 Å². The average molecular weight is 464 g/mol. The zero-order chi connectivity index (χ0) is 17.4. The van der Waals surface area contributed by atoms with Crippen molar-refractivity contribution >= 4 is 41.5 Å². The van der Waals surface area contributed by atoms with E-state index in [1.165, 1.54) is 0 Å². The number of hydrogen-bond donors (Lipinski definition) is 1. The maximum absolute atomic E-state index is 12.4. The number of carbonyl (C=O) groups is 1. The van der Waals surface area contributed by atoms with Gasteiger partial charge in [0, 0.05) is 53.6 Å². The van der Waals surface area contributed by atoms with Gasteiger partial charge in [-0.05, 0) is 19.3 Å². The van der Waals surface area contributed by atoms with Crippen LogP contribution in [0, 0.1) is 0 Å². The first-order valence-corrected chi connectivity index (χ1v) is 8.39. The molecule has 1 fully saturated rings. The van der Waals surface area contributed by atoms with Gasteiger partial charge < -0.3 is 19.9 Å². The summed E-state index contributed by atoms with van der Waals surface area (Å²) in [6.07, 6.45) is 6.83. The number of nitrogens with zero attached hydrogens (tertiary/aromatic N) is 5. The van der Waals surface area contributed by atoms with Gasteiger partial charge in [0.25, 0.3) is 0 Å². The third-order valence-corrected chi connectivity index (χ3v) is 4.04. The van der Waals surface area contributed by atoms with Gasteiger partial charge in [-0.25, -0.2) is 0 Å². The first-order valence-electron chi connectivity index (χ1n) is 8.39. The fourth-order valence-electron chi connectivity index (χ4n) is 2.76. The van der Waals surface area contributed by atoms with Crippen LogP contribution in [-0.2, 0) is 16.6 Å². The summed E-state index contributed by atoms with van der Waals surface area (Å²) in [5, 5.41) is 7.48. The number of unbranched alkanes of at least 4 members (excludes halogenated alkanes) is 2. The largest absolute Gasteiger partial charge is 0.385 e. The lowest BCUT2D eigenvalue weighted by molar-refractivity contribution is -0.120. The fourth-order valence-corrected chi connectivity index (χ4v) is 2.76. The van der Waals surface area contributed by atoms with Crippen LogP contribution in [0.25, 0.3) is 0 Å². The minimum atomic E-state index is 0. The normalized spacial score (nSPS) is 15.3. The lowest BCUT2D eigenvalue weighted by Crippen LogP contribution is -2.55. The highest BCUT2D eigenvalue weighted by Crippen LogP contribution is 2.16. The van der Waals surface area contributed by atoms with Crippen LogP contribution in [0.3, 0.4) is 0 Å². The van der Waals surface area contributed by atoms with Crippen LogP contribution in [0.5, 0.6) is 0 Å². The van der Waals surface area contributed by atoms with Gasteiger partial charge in [0.05, 0.1) is 11.9 Å². The molecule has 0 saturated carbocycles. The van der Waals surface area contributed by atoms with Crippen molar-refractivity contribution in [1.82, 2.24) is 20.0 Å². The van der Waals surface area contributed by atoms with Gasteiger partial charge in [0.15, 0.2) is 5.96 Å². The summed E-state index contributed by atoms with van der Waals surface area (Å²) in [5.74, 6) is 0.859. The summed E-state index contributed by atoms with van der Waals surface area (Å²) in [5.41, 5.74) is 0.850. The Labute approximate surface area is 166 Å².